The predicted octanol–water partition coefficient (Wildman–Crippen LogP) is 5.62. The van der Waals surface area contributed by atoms with Crippen molar-refractivity contribution >= 4 is 31.9 Å². The first-order chi connectivity index (χ1) is 9.11. The summed E-state index contributed by atoms with van der Waals surface area (Å²) in [5.41, 5.74) is 2.28. The highest BCUT2D eigenvalue weighted by molar-refractivity contribution is 9.10. The molecule has 102 valence electrons. The molecule has 0 spiro atoms. The summed E-state index contributed by atoms with van der Waals surface area (Å²) in [6.45, 7) is 4.77. The Hall–Kier alpha value is -0.740. The Morgan fingerprint density at radius 2 is 2.05 bits per heavy atom. The lowest BCUT2D eigenvalue weighted by Crippen LogP contribution is -1.97. The maximum Gasteiger partial charge on any atom is 0.133 e. The Balaban J connectivity index is 2.19. The second-order valence-electron chi connectivity index (χ2n) is 4.39. The molecule has 1 aromatic heterocycles. The molecule has 0 aliphatic heterocycles. The third kappa shape index (κ3) is 3.63. The molecular weight excluding hydrogens is 372 g/mol. The van der Waals surface area contributed by atoms with Crippen molar-refractivity contribution in [3.8, 4) is 5.75 Å². The number of alkyl halides is 1. The van der Waals surface area contributed by atoms with Crippen LogP contribution in [-0.2, 0) is 0 Å². The molecule has 0 saturated heterocycles. The topological polar surface area (TPSA) is 22.4 Å². The third-order valence-electron chi connectivity index (χ3n) is 2.75. The van der Waals surface area contributed by atoms with Gasteiger partial charge in [0, 0.05) is 5.56 Å². The molecule has 0 aliphatic carbocycles. The van der Waals surface area contributed by atoms with Crippen LogP contribution in [0.15, 0.2) is 39.4 Å². The quantitative estimate of drug-likeness (QED) is 0.621. The van der Waals surface area contributed by atoms with E-state index in [9.17, 15) is 0 Å². The van der Waals surface area contributed by atoms with Crippen molar-refractivity contribution in [1.82, 2.24) is 0 Å². The van der Waals surface area contributed by atoms with Crippen molar-refractivity contribution < 1.29 is 9.15 Å². The van der Waals surface area contributed by atoms with Gasteiger partial charge in [0.25, 0.3) is 0 Å². The SMILES string of the molecule is CCCOc1ccc(C(Br)c2coc(C)c2)cc1Br. The van der Waals surface area contributed by atoms with Gasteiger partial charge in [0.1, 0.15) is 11.5 Å². The first kappa shape index (κ1) is 14.7. The van der Waals surface area contributed by atoms with Gasteiger partial charge in [-0.25, -0.2) is 0 Å². The minimum atomic E-state index is 0.126. The van der Waals surface area contributed by atoms with Crippen molar-refractivity contribution in [2.24, 2.45) is 0 Å². The van der Waals surface area contributed by atoms with Gasteiger partial charge in [0.2, 0.25) is 0 Å². The third-order valence-corrected chi connectivity index (χ3v) is 4.43. The van der Waals surface area contributed by atoms with Crippen LogP contribution >= 0.6 is 31.9 Å². The fraction of sp³-hybridized carbons (Fsp3) is 0.333. The van der Waals surface area contributed by atoms with Crippen LogP contribution in [0, 0.1) is 6.92 Å². The van der Waals surface area contributed by atoms with E-state index in [-0.39, 0.29) is 4.83 Å². The molecule has 1 unspecified atom stereocenters. The molecule has 1 atom stereocenters. The standard InChI is InChI=1S/C15H16Br2O2/c1-3-6-18-14-5-4-11(8-13(14)16)15(17)12-7-10(2)19-9-12/h4-5,7-9,15H,3,6H2,1-2H3. The zero-order valence-electron chi connectivity index (χ0n) is 11.0. The lowest BCUT2D eigenvalue weighted by atomic mass is 10.1. The average Bonchev–Trinajstić information content (AvgIpc) is 2.83. The van der Waals surface area contributed by atoms with E-state index < -0.39 is 0 Å². The second-order valence-corrected chi connectivity index (χ2v) is 6.16. The van der Waals surface area contributed by atoms with Gasteiger partial charge >= 0.3 is 0 Å². The van der Waals surface area contributed by atoms with Crippen LogP contribution in [0.1, 0.15) is 35.1 Å². The smallest absolute Gasteiger partial charge is 0.133 e. The highest BCUT2D eigenvalue weighted by Gasteiger charge is 2.14. The molecule has 4 heteroatoms. The maximum absolute atomic E-state index is 5.65. The van der Waals surface area contributed by atoms with Gasteiger partial charge in [0.15, 0.2) is 0 Å². The zero-order chi connectivity index (χ0) is 13.8. The first-order valence-electron chi connectivity index (χ1n) is 6.23. The molecule has 19 heavy (non-hydrogen) atoms. The molecule has 0 aliphatic rings. The van der Waals surface area contributed by atoms with E-state index >= 15 is 0 Å². The van der Waals surface area contributed by atoms with Crippen molar-refractivity contribution in [2.45, 2.75) is 25.1 Å². The van der Waals surface area contributed by atoms with E-state index in [1.54, 1.807) is 6.26 Å². The molecular formula is C15H16Br2O2. The Morgan fingerprint density at radius 1 is 1.26 bits per heavy atom. The summed E-state index contributed by atoms with van der Waals surface area (Å²) < 4.78 is 12.0. The Morgan fingerprint density at radius 3 is 2.63 bits per heavy atom. The summed E-state index contributed by atoms with van der Waals surface area (Å²) >= 11 is 7.25. The highest BCUT2D eigenvalue weighted by Crippen LogP contribution is 2.36. The van der Waals surface area contributed by atoms with Crippen LogP contribution in [0.3, 0.4) is 0 Å². The summed E-state index contributed by atoms with van der Waals surface area (Å²) in [5, 5.41) is 0. The molecule has 1 heterocycles. The molecule has 0 radical (unpaired) electrons. The number of ether oxygens (including phenoxy) is 1. The number of furan rings is 1. The van der Waals surface area contributed by atoms with E-state index in [4.69, 9.17) is 9.15 Å². The van der Waals surface area contributed by atoms with E-state index in [2.05, 4.69) is 50.9 Å². The maximum atomic E-state index is 5.65. The van der Waals surface area contributed by atoms with Crippen LogP contribution in [0.4, 0.5) is 0 Å². The van der Waals surface area contributed by atoms with Gasteiger partial charge in [-0.05, 0) is 53.0 Å². The fourth-order valence-electron chi connectivity index (χ4n) is 1.79. The first-order valence-corrected chi connectivity index (χ1v) is 7.94. The van der Waals surface area contributed by atoms with Crippen molar-refractivity contribution in [3.63, 3.8) is 0 Å². The molecule has 2 nitrogen and oxygen atoms in total. The number of hydrogen-bond acceptors (Lipinski definition) is 2. The van der Waals surface area contributed by atoms with Crippen LogP contribution < -0.4 is 4.74 Å². The molecule has 0 bridgehead atoms. The lowest BCUT2D eigenvalue weighted by molar-refractivity contribution is 0.315. The summed E-state index contributed by atoms with van der Waals surface area (Å²) in [6.07, 6.45) is 2.79. The Kier molecular flexibility index (Phi) is 5.11. The number of hydrogen-bond donors (Lipinski definition) is 0. The van der Waals surface area contributed by atoms with Crippen LogP contribution in [0.25, 0.3) is 0 Å². The van der Waals surface area contributed by atoms with E-state index in [1.165, 1.54) is 0 Å². The Labute approximate surface area is 130 Å². The molecule has 1 aromatic carbocycles. The van der Waals surface area contributed by atoms with Gasteiger partial charge < -0.3 is 9.15 Å². The van der Waals surface area contributed by atoms with Gasteiger partial charge in [-0.1, -0.05) is 28.9 Å². The fourth-order valence-corrected chi connectivity index (χ4v) is 2.83. The number of aryl methyl sites for hydroxylation is 1. The summed E-state index contributed by atoms with van der Waals surface area (Å²) in [6, 6.07) is 8.18. The molecule has 2 rings (SSSR count). The van der Waals surface area contributed by atoms with Crippen molar-refractivity contribution in [3.05, 3.63) is 51.9 Å². The number of benzene rings is 1. The van der Waals surface area contributed by atoms with Crippen molar-refractivity contribution in [2.75, 3.05) is 6.61 Å². The normalized spacial score (nSPS) is 12.4. The predicted molar refractivity (Wildman–Crippen MR) is 84.1 cm³/mol. The molecule has 0 fully saturated rings. The summed E-state index contributed by atoms with van der Waals surface area (Å²) in [4.78, 5) is 0.126. The largest absolute Gasteiger partial charge is 0.492 e. The molecule has 0 N–H and O–H groups in total. The number of rotatable bonds is 5. The second kappa shape index (κ2) is 6.62. The van der Waals surface area contributed by atoms with E-state index in [0.29, 0.717) is 0 Å². The van der Waals surface area contributed by atoms with Crippen LogP contribution in [0.5, 0.6) is 5.75 Å². The Bertz CT molecular complexity index is 549. The van der Waals surface area contributed by atoms with Gasteiger partial charge in [-0.3, -0.25) is 0 Å². The van der Waals surface area contributed by atoms with Crippen LogP contribution in [0.2, 0.25) is 0 Å². The van der Waals surface area contributed by atoms with E-state index in [1.807, 2.05) is 19.1 Å². The summed E-state index contributed by atoms with van der Waals surface area (Å²) in [7, 11) is 0. The van der Waals surface area contributed by atoms with Crippen LogP contribution in [-0.4, -0.2) is 6.61 Å². The minimum Gasteiger partial charge on any atom is -0.492 e. The van der Waals surface area contributed by atoms with Gasteiger partial charge in [-0.15, -0.1) is 0 Å². The monoisotopic (exact) mass is 386 g/mol. The molecule has 2 aromatic rings. The minimum absolute atomic E-state index is 0.126. The summed E-state index contributed by atoms with van der Waals surface area (Å²) in [5.74, 6) is 1.80. The molecule has 0 amide bonds. The van der Waals surface area contributed by atoms with Gasteiger partial charge in [-0.2, -0.15) is 0 Å². The lowest BCUT2D eigenvalue weighted by Gasteiger charge is -2.12. The van der Waals surface area contributed by atoms with Gasteiger partial charge in [0.05, 0.1) is 22.2 Å². The average molecular weight is 388 g/mol. The van der Waals surface area contributed by atoms with E-state index in [0.717, 1.165) is 40.1 Å². The highest BCUT2D eigenvalue weighted by atomic mass is 79.9. The number of halogens is 2. The van der Waals surface area contributed by atoms with Crippen molar-refractivity contribution in [1.29, 1.82) is 0 Å². The zero-order valence-corrected chi connectivity index (χ0v) is 14.1. The molecule has 0 saturated carbocycles.